The summed E-state index contributed by atoms with van der Waals surface area (Å²) in [5, 5.41) is 3.87. The molecule has 1 aromatic heterocycles. The number of nitrogens with zero attached hydrogens (tertiary/aromatic N) is 2. The third kappa shape index (κ3) is 1.52. The fourth-order valence-corrected chi connectivity index (χ4v) is 1.48. The molecule has 0 radical (unpaired) electrons. The minimum Gasteiger partial charge on any atom is -0.495 e. The van der Waals surface area contributed by atoms with Gasteiger partial charge < -0.3 is 15.8 Å². The van der Waals surface area contributed by atoms with Crippen molar-refractivity contribution in [2.24, 2.45) is 0 Å². The Morgan fingerprint density at radius 2 is 2.13 bits per heavy atom. The molecule has 2 aromatic rings. The van der Waals surface area contributed by atoms with Crippen molar-refractivity contribution in [3.8, 4) is 5.75 Å². The predicted molar refractivity (Wildman–Crippen MR) is 60.0 cm³/mol. The average molecular weight is 204 g/mol. The van der Waals surface area contributed by atoms with Gasteiger partial charge in [-0.15, -0.1) is 0 Å². The van der Waals surface area contributed by atoms with Crippen LogP contribution in [0.1, 0.15) is 0 Å². The lowest BCUT2D eigenvalue weighted by atomic mass is 10.2. The van der Waals surface area contributed by atoms with Crippen molar-refractivity contribution in [3.05, 3.63) is 18.5 Å². The van der Waals surface area contributed by atoms with Gasteiger partial charge in [-0.1, -0.05) is 0 Å². The van der Waals surface area contributed by atoms with E-state index in [-0.39, 0.29) is 0 Å². The van der Waals surface area contributed by atoms with Crippen molar-refractivity contribution in [1.29, 1.82) is 0 Å². The van der Waals surface area contributed by atoms with Crippen LogP contribution >= 0.6 is 0 Å². The van der Waals surface area contributed by atoms with Crippen molar-refractivity contribution < 1.29 is 4.74 Å². The molecular weight excluding hydrogens is 192 g/mol. The van der Waals surface area contributed by atoms with Crippen molar-refractivity contribution in [2.45, 2.75) is 0 Å². The smallest absolute Gasteiger partial charge is 0.143 e. The molecule has 0 saturated heterocycles. The lowest BCUT2D eigenvalue weighted by molar-refractivity contribution is 0.417. The molecule has 0 amide bonds. The van der Waals surface area contributed by atoms with E-state index in [1.807, 2.05) is 7.05 Å². The Labute approximate surface area is 87.3 Å². The Morgan fingerprint density at radius 1 is 1.33 bits per heavy atom. The van der Waals surface area contributed by atoms with Crippen LogP contribution in [0.5, 0.6) is 5.75 Å². The molecule has 3 N–H and O–H groups in total. The number of nitrogens with two attached hydrogens (primary N) is 1. The fraction of sp³-hybridized carbons (Fsp3) is 0.200. The van der Waals surface area contributed by atoms with E-state index in [1.54, 1.807) is 19.2 Å². The summed E-state index contributed by atoms with van der Waals surface area (Å²) in [6.45, 7) is 0. The molecule has 5 nitrogen and oxygen atoms in total. The van der Waals surface area contributed by atoms with Gasteiger partial charge in [0.05, 0.1) is 18.3 Å². The van der Waals surface area contributed by atoms with Gasteiger partial charge in [0.2, 0.25) is 0 Å². The number of nitrogens with one attached hydrogen (secondary N) is 1. The molecule has 5 heteroatoms. The molecule has 0 saturated carbocycles. The van der Waals surface area contributed by atoms with Gasteiger partial charge in [-0.2, -0.15) is 0 Å². The quantitative estimate of drug-likeness (QED) is 0.720. The molecule has 0 bridgehead atoms. The first-order valence-corrected chi connectivity index (χ1v) is 4.52. The van der Waals surface area contributed by atoms with Crippen LogP contribution in [0.2, 0.25) is 0 Å². The van der Waals surface area contributed by atoms with Gasteiger partial charge in [-0.05, 0) is 6.07 Å². The highest BCUT2D eigenvalue weighted by atomic mass is 16.5. The van der Waals surface area contributed by atoms with E-state index >= 15 is 0 Å². The number of anilines is 2. The third-order valence-corrected chi connectivity index (χ3v) is 2.22. The molecule has 0 atom stereocenters. The number of ether oxygens (including phenoxy) is 1. The van der Waals surface area contributed by atoms with Gasteiger partial charge in [-0.25, -0.2) is 9.97 Å². The summed E-state index contributed by atoms with van der Waals surface area (Å²) in [6.07, 6.45) is 1.50. The predicted octanol–water partition coefficient (Wildman–Crippen LogP) is 1.26. The van der Waals surface area contributed by atoms with Crippen molar-refractivity contribution in [3.63, 3.8) is 0 Å². The van der Waals surface area contributed by atoms with Crippen LogP contribution in [-0.2, 0) is 0 Å². The number of methoxy groups -OCH3 is 1. The lowest BCUT2D eigenvalue weighted by Crippen LogP contribution is -1.97. The van der Waals surface area contributed by atoms with Gasteiger partial charge in [0.15, 0.2) is 0 Å². The summed E-state index contributed by atoms with van der Waals surface area (Å²) >= 11 is 0. The molecule has 0 spiro atoms. The summed E-state index contributed by atoms with van der Waals surface area (Å²) in [5.74, 6) is 1.39. The largest absolute Gasteiger partial charge is 0.495 e. The minimum atomic E-state index is 0.580. The second-order valence-corrected chi connectivity index (χ2v) is 3.08. The van der Waals surface area contributed by atoms with Crippen molar-refractivity contribution in [2.75, 3.05) is 25.2 Å². The van der Waals surface area contributed by atoms with Crippen molar-refractivity contribution in [1.82, 2.24) is 9.97 Å². The highest BCUT2D eigenvalue weighted by molar-refractivity contribution is 5.93. The zero-order valence-electron chi connectivity index (χ0n) is 8.61. The second-order valence-electron chi connectivity index (χ2n) is 3.08. The average Bonchev–Trinajstić information content (AvgIpc) is 2.27. The molecule has 1 aromatic carbocycles. The van der Waals surface area contributed by atoms with Crippen LogP contribution in [0.15, 0.2) is 18.5 Å². The maximum absolute atomic E-state index is 5.81. The summed E-state index contributed by atoms with van der Waals surface area (Å²) < 4.78 is 5.12. The first kappa shape index (κ1) is 9.51. The van der Waals surface area contributed by atoms with Gasteiger partial charge in [0.25, 0.3) is 0 Å². The number of rotatable bonds is 2. The van der Waals surface area contributed by atoms with Crippen LogP contribution < -0.4 is 15.8 Å². The van der Waals surface area contributed by atoms with E-state index in [4.69, 9.17) is 10.5 Å². The monoisotopic (exact) mass is 204 g/mol. The molecular formula is C10H12N4O. The van der Waals surface area contributed by atoms with Gasteiger partial charge in [-0.3, -0.25) is 0 Å². The first-order valence-electron chi connectivity index (χ1n) is 4.52. The van der Waals surface area contributed by atoms with E-state index in [2.05, 4.69) is 15.3 Å². The van der Waals surface area contributed by atoms with Crippen LogP contribution in [-0.4, -0.2) is 24.1 Å². The highest BCUT2D eigenvalue weighted by Crippen LogP contribution is 2.29. The Balaban J connectivity index is 2.74. The summed E-state index contributed by atoms with van der Waals surface area (Å²) in [5.41, 5.74) is 7.20. The Hall–Kier alpha value is -2.04. The first-order chi connectivity index (χ1) is 7.26. The number of hydrogen-bond acceptors (Lipinski definition) is 5. The van der Waals surface area contributed by atoms with Crippen LogP contribution in [0.3, 0.4) is 0 Å². The van der Waals surface area contributed by atoms with Crippen LogP contribution in [0.4, 0.5) is 11.5 Å². The second kappa shape index (κ2) is 3.61. The van der Waals surface area contributed by atoms with E-state index in [1.165, 1.54) is 6.33 Å². The number of fused-ring (bicyclic) bond motifs is 1. The summed E-state index contributed by atoms with van der Waals surface area (Å²) in [4.78, 5) is 8.26. The molecule has 1 heterocycles. The molecule has 2 rings (SSSR count). The van der Waals surface area contributed by atoms with Gasteiger partial charge in [0, 0.05) is 18.5 Å². The molecule has 0 fully saturated rings. The van der Waals surface area contributed by atoms with Gasteiger partial charge in [0.1, 0.15) is 17.9 Å². The number of benzene rings is 1. The normalized spacial score (nSPS) is 10.3. The van der Waals surface area contributed by atoms with Crippen LogP contribution in [0, 0.1) is 0 Å². The maximum Gasteiger partial charge on any atom is 0.143 e. The SMILES string of the molecule is CNc1ncnc2cc(OC)c(N)cc12. The van der Waals surface area contributed by atoms with E-state index in [0.29, 0.717) is 11.4 Å². The molecule has 0 aliphatic carbocycles. The Bertz CT molecular complexity index is 498. The highest BCUT2D eigenvalue weighted by Gasteiger charge is 2.06. The van der Waals surface area contributed by atoms with Crippen LogP contribution in [0.25, 0.3) is 10.9 Å². The molecule has 78 valence electrons. The fourth-order valence-electron chi connectivity index (χ4n) is 1.48. The van der Waals surface area contributed by atoms with E-state index in [9.17, 15) is 0 Å². The lowest BCUT2D eigenvalue weighted by Gasteiger charge is -2.08. The van der Waals surface area contributed by atoms with Crippen molar-refractivity contribution >= 4 is 22.4 Å². The zero-order chi connectivity index (χ0) is 10.8. The number of hydrogen-bond donors (Lipinski definition) is 2. The molecule has 0 aliphatic heterocycles. The molecule has 0 unspecified atom stereocenters. The Morgan fingerprint density at radius 3 is 2.80 bits per heavy atom. The van der Waals surface area contributed by atoms with Gasteiger partial charge >= 0.3 is 0 Å². The van der Waals surface area contributed by atoms with E-state index in [0.717, 1.165) is 16.7 Å². The standard InChI is InChI=1S/C10H12N4O/c1-12-10-6-3-7(11)9(15-2)4-8(6)13-5-14-10/h3-5H,11H2,1-2H3,(H,12,13,14). The summed E-state index contributed by atoms with van der Waals surface area (Å²) in [7, 11) is 3.39. The molecule has 0 aliphatic rings. The third-order valence-electron chi connectivity index (χ3n) is 2.22. The topological polar surface area (TPSA) is 73.1 Å². The minimum absolute atomic E-state index is 0.580. The summed E-state index contributed by atoms with van der Waals surface area (Å²) in [6, 6.07) is 3.60. The number of nitrogen functional groups attached to an aromatic ring is 1. The van der Waals surface area contributed by atoms with E-state index < -0.39 is 0 Å². The number of aromatic nitrogens is 2. The Kier molecular flexibility index (Phi) is 2.29. The maximum atomic E-state index is 5.81. The molecule has 15 heavy (non-hydrogen) atoms. The zero-order valence-corrected chi connectivity index (χ0v) is 8.61.